The lowest BCUT2D eigenvalue weighted by Gasteiger charge is -2.21. The van der Waals surface area contributed by atoms with Crippen LogP contribution in [0.3, 0.4) is 0 Å². The van der Waals surface area contributed by atoms with Gasteiger partial charge in [-0.3, -0.25) is 14.6 Å². The molecule has 0 aliphatic carbocycles. The summed E-state index contributed by atoms with van der Waals surface area (Å²) in [5.41, 5.74) is 3.93. The first-order chi connectivity index (χ1) is 18.2. The molecule has 1 aliphatic heterocycles. The van der Waals surface area contributed by atoms with E-state index in [9.17, 15) is 9.59 Å². The third-order valence-electron chi connectivity index (χ3n) is 6.44. The lowest BCUT2D eigenvalue weighted by atomic mass is 10.0. The SMILES string of the molecule is CN(Cc1cccnc1)c1ccc2ncc(-c3ccc(N4CC(CC(=O)OC(C)(C)C)CC4=O)cc3)n2n1. The molecular weight excluding hydrogens is 480 g/mol. The van der Waals surface area contributed by atoms with E-state index in [0.717, 1.165) is 34.0 Å². The van der Waals surface area contributed by atoms with Gasteiger partial charge in [-0.2, -0.15) is 0 Å². The van der Waals surface area contributed by atoms with E-state index in [1.54, 1.807) is 17.3 Å². The molecule has 1 aliphatic rings. The van der Waals surface area contributed by atoms with Gasteiger partial charge in [0.15, 0.2) is 5.65 Å². The van der Waals surface area contributed by atoms with Crippen molar-refractivity contribution in [2.24, 2.45) is 5.92 Å². The average molecular weight is 513 g/mol. The molecule has 0 spiro atoms. The van der Waals surface area contributed by atoms with Crippen molar-refractivity contribution in [2.45, 2.75) is 45.8 Å². The number of aromatic nitrogens is 4. The van der Waals surface area contributed by atoms with E-state index < -0.39 is 5.60 Å². The van der Waals surface area contributed by atoms with Crippen molar-refractivity contribution in [1.29, 1.82) is 0 Å². The van der Waals surface area contributed by atoms with Crippen LogP contribution < -0.4 is 9.80 Å². The van der Waals surface area contributed by atoms with Crippen molar-refractivity contribution in [3.63, 3.8) is 0 Å². The van der Waals surface area contributed by atoms with Gasteiger partial charge >= 0.3 is 5.97 Å². The average Bonchev–Trinajstić information content (AvgIpc) is 3.46. The molecule has 0 bridgehead atoms. The molecule has 9 heteroatoms. The molecule has 1 saturated heterocycles. The van der Waals surface area contributed by atoms with E-state index in [1.807, 2.05) is 87.1 Å². The fourth-order valence-electron chi connectivity index (χ4n) is 4.71. The lowest BCUT2D eigenvalue weighted by molar-refractivity contribution is -0.155. The first-order valence-corrected chi connectivity index (χ1v) is 12.7. The summed E-state index contributed by atoms with van der Waals surface area (Å²) in [5, 5.41) is 4.83. The molecule has 196 valence electrons. The number of hydrogen-bond donors (Lipinski definition) is 0. The first-order valence-electron chi connectivity index (χ1n) is 12.7. The molecule has 1 fully saturated rings. The number of imidazole rings is 1. The number of pyridine rings is 1. The molecule has 0 saturated carbocycles. The van der Waals surface area contributed by atoms with Gasteiger partial charge in [-0.15, -0.1) is 5.10 Å². The highest BCUT2D eigenvalue weighted by molar-refractivity contribution is 5.96. The lowest BCUT2D eigenvalue weighted by Crippen LogP contribution is -2.27. The van der Waals surface area contributed by atoms with E-state index in [2.05, 4.69) is 14.9 Å². The zero-order valence-corrected chi connectivity index (χ0v) is 22.2. The van der Waals surface area contributed by atoms with Gasteiger partial charge in [0, 0.05) is 50.2 Å². The van der Waals surface area contributed by atoms with Crippen molar-refractivity contribution in [2.75, 3.05) is 23.4 Å². The second-order valence-electron chi connectivity index (χ2n) is 10.7. The van der Waals surface area contributed by atoms with Crippen LogP contribution in [0.5, 0.6) is 0 Å². The zero-order valence-electron chi connectivity index (χ0n) is 22.2. The summed E-state index contributed by atoms with van der Waals surface area (Å²) in [6.07, 6.45) is 6.00. The van der Waals surface area contributed by atoms with Crippen molar-refractivity contribution in [3.8, 4) is 11.3 Å². The number of rotatable bonds is 7. The highest BCUT2D eigenvalue weighted by atomic mass is 16.6. The van der Waals surface area contributed by atoms with Crippen LogP contribution in [0.25, 0.3) is 16.9 Å². The van der Waals surface area contributed by atoms with Gasteiger partial charge in [0.1, 0.15) is 11.4 Å². The smallest absolute Gasteiger partial charge is 0.306 e. The molecular formula is C29H32N6O3. The quantitative estimate of drug-likeness (QED) is 0.336. The Morgan fingerprint density at radius 1 is 1.11 bits per heavy atom. The highest BCUT2D eigenvalue weighted by Crippen LogP contribution is 2.30. The van der Waals surface area contributed by atoms with E-state index in [-0.39, 0.29) is 24.2 Å². The Labute approximate surface area is 222 Å². The largest absolute Gasteiger partial charge is 0.460 e. The third kappa shape index (κ3) is 5.66. The summed E-state index contributed by atoms with van der Waals surface area (Å²) in [6.45, 7) is 6.73. The maximum Gasteiger partial charge on any atom is 0.306 e. The van der Waals surface area contributed by atoms with E-state index in [0.29, 0.717) is 19.5 Å². The van der Waals surface area contributed by atoms with Crippen LogP contribution in [-0.4, -0.2) is 50.7 Å². The van der Waals surface area contributed by atoms with Crippen LogP contribution in [0.1, 0.15) is 39.2 Å². The maximum atomic E-state index is 12.7. The predicted octanol–water partition coefficient (Wildman–Crippen LogP) is 4.51. The molecule has 38 heavy (non-hydrogen) atoms. The number of hydrogen-bond acceptors (Lipinski definition) is 7. The third-order valence-corrected chi connectivity index (χ3v) is 6.44. The molecule has 1 atom stereocenters. The first kappa shape index (κ1) is 25.4. The Morgan fingerprint density at radius 2 is 1.89 bits per heavy atom. The number of carbonyl (C=O) groups is 2. The van der Waals surface area contributed by atoms with Gasteiger partial charge in [-0.25, -0.2) is 9.50 Å². The van der Waals surface area contributed by atoms with Crippen LogP contribution in [0, 0.1) is 5.92 Å². The van der Waals surface area contributed by atoms with Crippen molar-refractivity contribution in [1.82, 2.24) is 19.6 Å². The van der Waals surface area contributed by atoms with Gasteiger partial charge in [0.05, 0.1) is 18.3 Å². The number of esters is 1. The van der Waals surface area contributed by atoms with Crippen molar-refractivity contribution >= 4 is 29.0 Å². The molecule has 5 rings (SSSR count). The Bertz CT molecular complexity index is 1440. The molecule has 1 unspecified atom stereocenters. The van der Waals surface area contributed by atoms with Gasteiger partial charge in [0.2, 0.25) is 5.91 Å². The molecule has 0 N–H and O–H groups in total. The number of amides is 1. The normalized spacial score (nSPS) is 15.7. The highest BCUT2D eigenvalue weighted by Gasteiger charge is 2.33. The van der Waals surface area contributed by atoms with Gasteiger partial charge in [-0.1, -0.05) is 18.2 Å². The number of fused-ring (bicyclic) bond motifs is 1. The second-order valence-corrected chi connectivity index (χ2v) is 10.7. The summed E-state index contributed by atoms with van der Waals surface area (Å²) in [4.78, 5) is 37.5. The Balaban J connectivity index is 1.30. The summed E-state index contributed by atoms with van der Waals surface area (Å²) < 4.78 is 7.27. The topological polar surface area (TPSA) is 92.9 Å². The van der Waals surface area contributed by atoms with Crippen LogP contribution in [-0.2, 0) is 20.9 Å². The van der Waals surface area contributed by atoms with Crippen molar-refractivity contribution < 1.29 is 14.3 Å². The molecule has 4 heterocycles. The van der Waals surface area contributed by atoms with E-state index in [4.69, 9.17) is 9.84 Å². The van der Waals surface area contributed by atoms with Gasteiger partial charge in [0.25, 0.3) is 0 Å². The fourth-order valence-corrected chi connectivity index (χ4v) is 4.71. The predicted molar refractivity (Wildman–Crippen MR) is 146 cm³/mol. The number of benzene rings is 1. The Hall–Kier alpha value is -4.27. The molecule has 9 nitrogen and oxygen atoms in total. The van der Waals surface area contributed by atoms with Crippen LogP contribution in [0.4, 0.5) is 11.5 Å². The number of ether oxygens (including phenoxy) is 1. The molecule has 1 amide bonds. The Kier molecular flexibility index (Phi) is 6.84. The van der Waals surface area contributed by atoms with E-state index >= 15 is 0 Å². The molecule has 3 aromatic heterocycles. The van der Waals surface area contributed by atoms with E-state index in [1.165, 1.54) is 0 Å². The van der Waals surface area contributed by atoms with Crippen LogP contribution in [0.15, 0.2) is 67.1 Å². The van der Waals surface area contributed by atoms with Crippen molar-refractivity contribution in [3.05, 3.63) is 72.7 Å². The maximum absolute atomic E-state index is 12.7. The minimum absolute atomic E-state index is 0.0177. The summed E-state index contributed by atoms with van der Waals surface area (Å²) >= 11 is 0. The summed E-state index contributed by atoms with van der Waals surface area (Å²) in [6, 6.07) is 15.7. The fraction of sp³-hybridized carbons (Fsp3) is 0.345. The number of carbonyl (C=O) groups excluding carboxylic acids is 2. The van der Waals surface area contributed by atoms with Crippen LogP contribution >= 0.6 is 0 Å². The molecule has 0 radical (unpaired) electrons. The standard InChI is InChI=1S/C29H32N6O3/c1-29(2,3)38-28(37)15-21-14-27(36)34(19-21)23-9-7-22(8-10-23)24-17-31-25-11-12-26(32-35(24)25)33(4)18-20-6-5-13-30-16-20/h5-13,16-17,21H,14-15,18-19H2,1-4H3. The van der Waals surface area contributed by atoms with Crippen LogP contribution in [0.2, 0.25) is 0 Å². The Morgan fingerprint density at radius 3 is 2.61 bits per heavy atom. The summed E-state index contributed by atoms with van der Waals surface area (Å²) in [7, 11) is 2.00. The number of anilines is 2. The minimum atomic E-state index is -0.530. The number of nitrogens with zero attached hydrogens (tertiary/aromatic N) is 6. The molecule has 1 aromatic carbocycles. The zero-order chi connectivity index (χ0) is 26.9. The summed E-state index contributed by atoms with van der Waals surface area (Å²) in [5.74, 6) is 0.514. The van der Waals surface area contributed by atoms with Gasteiger partial charge < -0.3 is 14.5 Å². The monoisotopic (exact) mass is 512 g/mol. The molecule has 4 aromatic rings. The second kappa shape index (κ2) is 10.2. The van der Waals surface area contributed by atoms with Gasteiger partial charge in [-0.05, 0) is 62.6 Å². The minimum Gasteiger partial charge on any atom is -0.460 e.